The van der Waals surface area contributed by atoms with Crippen molar-refractivity contribution in [2.75, 3.05) is 33.1 Å². The second kappa shape index (κ2) is 6.35. The first-order valence-corrected chi connectivity index (χ1v) is 6.39. The molecular formula is C12H18N6O3. The van der Waals surface area contributed by atoms with E-state index in [1.807, 2.05) is 0 Å². The molecule has 2 aromatic rings. The van der Waals surface area contributed by atoms with E-state index in [-0.39, 0.29) is 11.9 Å². The Bertz CT molecular complexity index is 641. The van der Waals surface area contributed by atoms with Crippen molar-refractivity contribution in [3.05, 3.63) is 6.33 Å². The Morgan fingerprint density at radius 1 is 1.48 bits per heavy atom. The van der Waals surface area contributed by atoms with Crippen LogP contribution < -0.4 is 15.8 Å². The number of nitrogens with one attached hydrogen (secondary N) is 1. The SMILES string of the molecule is COCCNC(=O)C(C)n1c(N)nc2c(OC)ncnc21. The number of imidazole rings is 1. The summed E-state index contributed by atoms with van der Waals surface area (Å²) >= 11 is 0. The van der Waals surface area contributed by atoms with Crippen LogP contribution in [0.4, 0.5) is 5.95 Å². The Balaban J connectivity index is 2.33. The third kappa shape index (κ3) is 2.87. The molecule has 0 aliphatic rings. The van der Waals surface area contributed by atoms with Crippen LogP contribution in [-0.2, 0) is 9.53 Å². The van der Waals surface area contributed by atoms with Crippen LogP contribution in [0.1, 0.15) is 13.0 Å². The molecular weight excluding hydrogens is 276 g/mol. The lowest BCUT2D eigenvalue weighted by molar-refractivity contribution is -0.123. The molecule has 2 rings (SSSR count). The summed E-state index contributed by atoms with van der Waals surface area (Å²) in [7, 11) is 3.05. The normalized spacial score (nSPS) is 12.3. The van der Waals surface area contributed by atoms with Gasteiger partial charge in [-0.25, -0.2) is 9.97 Å². The lowest BCUT2D eigenvalue weighted by Gasteiger charge is -2.15. The van der Waals surface area contributed by atoms with E-state index in [4.69, 9.17) is 15.2 Å². The molecule has 0 spiro atoms. The first-order valence-electron chi connectivity index (χ1n) is 6.39. The first kappa shape index (κ1) is 15.0. The summed E-state index contributed by atoms with van der Waals surface area (Å²) in [5.41, 5.74) is 6.77. The topological polar surface area (TPSA) is 117 Å². The molecule has 0 fully saturated rings. The summed E-state index contributed by atoms with van der Waals surface area (Å²) in [6, 6.07) is -0.563. The van der Waals surface area contributed by atoms with Crippen molar-refractivity contribution < 1.29 is 14.3 Å². The molecule has 0 aliphatic heterocycles. The number of carbonyl (C=O) groups excluding carboxylic acids is 1. The van der Waals surface area contributed by atoms with E-state index in [1.165, 1.54) is 13.4 Å². The van der Waals surface area contributed by atoms with E-state index in [9.17, 15) is 4.79 Å². The van der Waals surface area contributed by atoms with Crippen LogP contribution in [0.15, 0.2) is 6.33 Å². The van der Waals surface area contributed by atoms with E-state index in [0.717, 1.165) is 0 Å². The second-order valence-electron chi connectivity index (χ2n) is 4.35. The van der Waals surface area contributed by atoms with E-state index in [2.05, 4.69) is 20.3 Å². The van der Waals surface area contributed by atoms with Crippen molar-refractivity contribution in [1.82, 2.24) is 24.8 Å². The number of amides is 1. The molecule has 9 nitrogen and oxygen atoms in total. The highest BCUT2D eigenvalue weighted by atomic mass is 16.5. The van der Waals surface area contributed by atoms with Gasteiger partial charge >= 0.3 is 0 Å². The van der Waals surface area contributed by atoms with E-state index < -0.39 is 6.04 Å². The summed E-state index contributed by atoms with van der Waals surface area (Å²) in [6.07, 6.45) is 1.34. The van der Waals surface area contributed by atoms with Gasteiger partial charge in [-0.1, -0.05) is 0 Å². The number of ether oxygens (including phenoxy) is 2. The quantitative estimate of drug-likeness (QED) is 0.705. The van der Waals surface area contributed by atoms with Gasteiger partial charge in [-0.2, -0.15) is 4.98 Å². The molecule has 1 atom stereocenters. The Labute approximate surface area is 121 Å². The fraction of sp³-hybridized carbons (Fsp3) is 0.500. The smallest absolute Gasteiger partial charge is 0.245 e. The number of anilines is 1. The maximum atomic E-state index is 12.1. The Hall–Kier alpha value is -2.42. The van der Waals surface area contributed by atoms with Crippen LogP contribution in [0.25, 0.3) is 11.2 Å². The Kier molecular flexibility index (Phi) is 4.53. The molecule has 2 aromatic heterocycles. The highest BCUT2D eigenvalue weighted by Gasteiger charge is 2.22. The monoisotopic (exact) mass is 294 g/mol. The van der Waals surface area contributed by atoms with Gasteiger partial charge in [0.25, 0.3) is 0 Å². The van der Waals surface area contributed by atoms with Crippen LogP contribution in [0.2, 0.25) is 0 Å². The molecule has 2 heterocycles. The summed E-state index contributed by atoms with van der Waals surface area (Å²) in [6.45, 7) is 2.58. The molecule has 0 saturated carbocycles. The zero-order valence-electron chi connectivity index (χ0n) is 12.2. The number of aromatic nitrogens is 4. The molecule has 1 amide bonds. The number of methoxy groups -OCH3 is 2. The van der Waals surface area contributed by atoms with Crippen molar-refractivity contribution in [3.8, 4) is 5.88 Å². The number of fused-ring (bicyclic) bond motifs is 1. The molecule has 0 aromatic carbocycles. The van der Waals surface area contributed by atoms with Crippen molar-refractivity contribution in [2.24, 2.45) is 0 Å². The molecule has 0 saturated heterocycles. The number of carbonyl (C=O) groups is 1. The van der Waals surface area contributed by atoms with Crippen LogP contribution in [0.3, 0.4) is 0 Å². The lowest BCUT2D eigenvalue weighted by Crippen LogP contribution is -2.33. The number of nitrogens with two attached hydrogens (primary N) is 1. The minimum Gasteiger partial charge on any atom is -0.479 e. The van der Waals surface area contributed by atoms with E-state index in [1.54, 1.807) is 18.6 Å². The molecule has 1 unspecified atom stereocenters. The minimum absolute atomic E-state index is 0.179. The van der Waals surface area contributed by atoms with Crippen LogP contribution in [-0.4, -0.2) is 52.8 Å². The first-order chi connectivity index (χ1) is 10.1. The average molecular weight is 294 g/mol. The second-order valence-corrected chi connectivity index (χ2v) is 4.35. The maximum Gasteiger partial charge on any atom is 0.245 e. The predicted molar refractivity (Wildman–Crippen MR) is 75.9 cm³/mol. The number of nitrogen functional groups attached to an aromatic ring is 1. The van der Waals surface area contributed by atoms with Gasteiger partial charge in [0.1, 0.15) is 12.4 Å². The van der Waals surface area contributed by atoms with Crippen molar-refractivity contribution >= 4 is 23.0 Å². The van der Waals surface area contributed by atoms with Crippen LogP contribution >= 0.6 is 0 Å². The Morgan fingerprint density at radius 3 is 2.90 bits per heavy atom. The Morgan fingerprint density at radius 2 is 2.24 bits per heavy atom. The lowest BCUT2D eigenvalue weighted by atomic mass is 10.3. The number of rotatable bonds is 6. The molecule has 114 valence electrons. The average Bonchev–Trinajstić information content (AvgIpc) is 2.82. The largest absolute Gasteiger partial charge is 0.479 e. The number of nitrogens with zero attached hydrogens (tertiary/aromatic N) is 4. The van der Waals surface area contributed by atoms with Crippen molar-refractivity contribution in [1.29, 1.82) is 0 Å². The number of hydrogen-bond donors (Lipinski definition) is 2. The highest BCUT2D eigenvalue weighted by Crippen LogP contribution is 2.25. The molecule has 21 heavy (non-hydrogen) atoms. The third-order valence-corrected chi connectivity index (χ3v) is 3.04. The van der Waals surface area contributed by atoms with Gasteiger partial charge < -0.3 is 20.5 Å². The summed E-state index contributed by atoms with van der Waals surface area (Å²) in [5, 5.41) is 2.75. The molecule has 0 bridgehead atoms. The van der Waals surface area contributed by atoms with Gasteiger partial charge in [0, 0.05) is 13.7 Å². The van der Waals surface area contributed by atoms with Gasteiger partial charge in [0.05, 0.1) is 13.7 Å². The zero-order valence-corrected chi connectivity index (χ0v) is 12.2. The summed E-state index contributed by atoms with van der Waals surface area (Å²) in [4.78, 5) is 24.4. The van der Waals surface area contributed by atoms with Crippen molar-refractivity contribution in [3.63, 3.8) is 0 Å². The van der Waals surface area contributed by atoms with Crippen molar-refractivity contribution in [2.45, 2.75) is 13.0 Å². The van der Waals surface area contributed by atoms with Gasteiger partial charge in [0.15, 0.2) is 11.2 Å². The number of hydrogen-bond acceptors (Lipinski definition) is 7. The van der Waals surface area contributed by atoms with E-state index in [0.29, 0.717) is 30.2 Å². The molecule has 9 heteroatoms. The fourth-order valence-electron chi connectivity index (χ4n) is 1.98. The third-order valence-electron chi connectivity index (χ3n) is 3.04. The van der Waals surface area contributed by atoms with Gasteiger partial charge in [0.2, 0.25) is 17.7 Å². The van der Waals surface area contributed by atoms with Gasteiger partial charge in [-0.3, -0.25) is 9.36 Å². The maximum absolute atomic E-state index is 12.1. The minimum atomic E-state index is -0.563. The van der Waals surface area contributed by atoms with Crippen LogP contribution in [0, 0.1) is 0 Å². The summed E-state index contributed by atoms with van der Waals surface area (Å²) < 4.78 is 11.6. The van der Waals surface area contributed by atoms with Gasteiger partial charge in [-0.05, 0) is 6.92 Å². The molecule has 0 aliphatic carbocycles. The summed E-state index contributed by atoms with van der Waals surface area (Å²) in [5.74, 6) is 0.297. The van der Waals surface area contributed by atoms with Gasteiger partial charge in [-0.15, -0.1) is 0 Å². The van der Waals surface area contributed by atoms with Crippen LogP contribution in [0.5, 0.6) is 5.88 Å². The fourth-order valence-corrected chi connectivity index (χ4v) is 1.98. The highest BCUT2D eigenvalue weighted by molar-refractivity contribution is 5.85. The predicted octanol–water partition coefficient (Wildman–Crippen LogP) is -0.259. The molecule has 3 N–H and O–H groups in total. The molecule has 0 radical (unpaired) electrons. The standard InChI is InChI=1S/C12H18N6O3/c1-7(10(19)14-4-5-20-2)18-9-8(17-12(18)13)11(21-3)16-6-15-9/h6-7H,4-5H2,1-3H3,(H2,13,17)(H,14,19). The zero-order chi connectivity index (χ0) is 15.4. The van der Waals surface area contributed by atoms with E-state index >= 15 is 0 Å².